The van der Waals surface area contributed by atoms with E-state index in [1.165, 1.54) is 0 Å². The van der Waals surface area contributed by atoms with E-state index in [2.05, 4.69) is 18.9 Å². The standard InChI is InChI=1S/C14H18N4O/c1-9(2)12-6-7-18(17-12)13-8-10(19-3)4-5-11(13)14(15)16/h4-9H,1-3H3,(H3,15,16). The first kappa shape index (κ1) is 13.1. The van der Waals surface area contributed by atoms with E-state index in [-0.39, 0.29) is 5.84 Å². The Morgan fingerprint density at radius 3 is 2.63 bits per heavy atom. The van der Waals surface area contributed by atoms with Crippen molar-refractivity contribution < 1.29 is 4.74 Å². The highest BCUT2D eigenvalue weighted by molar-refractivity contribution is 5.98. The van der Waals surface area contributed by atoms with Gasteiger partial charge >= 0.3 is 0 Å². The molecule has 1 heterocycles. The van der Waals surface area contributed by atoms with Crippen molar-refractivity contribution in [2.75, 3.05) is 7.11 Å². The molecule has 1 aromatic carbocycles. The van der Waals surface area contributed by atoms with Crippen LogP contribution in [-0.2, 0) is 0 Å². The van der Waals surface area contributed by atoms with Crippen molar-refractivity contribution in [3.63, 3.8) is 0 Å². The molecule has 0 saturated heterocycles. The summed E-state index contributed by atoms with van der Waals surface area (Å²) in [6.45, 7) is 4.17. The van der Waals surface area contributed by atoms with Crippen molar-refractivity contribution in [3.05, 3.63) is 41.7 Å². The van der Waals surface area contributed by atoms with Crippen LogP contribution < -0.4 is 10.5 Å². The molecule has 0 unspecified atom stereocenters. The number of aromatic nitrogens is 2. The molecule has 0 atom stereocenters. The average Bonchev–Trinajstić information content (AvgIpc) is 2.87. The SMILES string of the molecule is COc1ccc(C(=N)N)c(-n2ccc(C(C)C)n2)c1. The minimum Gasteiger partial charge on any atom is -0.497 e. The van der Waals surface area contributed by atoms with Gasteiger partial charge in [0, 0.05) is 17.8 Å². The lowest BCUT2D eigenvalue weighted by atomic mass is 10.1. The van der Waals surface area contributed by atoms with E-state index < -0.39 is 0 Å². The minimum absolute atomic E-state index is 0.0132. The van der Waals surface area contributed by atoms with Gasteiger partial charge in [-0.1, -0.05) is 13.8 Å². The molecule has 2 aromatic rings. The van der Waals surface area contributed by atoms with Crippen LogP contribution in [0.4, 0.5) is 0 Å². The second-order valence-electron chi connectivity index (χ2n) is 4.64. The number of hydrogen-bond acceptors (Lipinski definition) is 3. The fourth-order valence-corrected chi connectivity index (χ4v) is 1.84. The topological polar surface area (TPSA) is 76.9 Å². The van der Waals surface area contributed by atoms with Gasteiger partial charge in [-0.05, 0) is 24.1 Å². The molecule has 19 heavy (non-hydrogen) atoms. The monoisotopic (exact) mass is 258 g/mol. The zero-order chi connectivity index (χ0) is 14.0. The summed E-state index contributed by atoms with van der Waals surface area (Å²) in [7, 11) is 1.61. The molecule has 5 nitrogen and oxygen atoms in total. The number of ether oxygens (including phenoxy) is 1. The molecule has 3 N–H and O–H groups in total. The van der Waals surface area contributed by atoms with Crippen LogP contribution in [0.2, 0.25) is 0 Å². The smallest absolute Gasteiger partial charge is 0.124 e. The zero-order valence-electron chi connectivity index (χ0n) is 11.3. The molecular formula is C14H18N4O. The van der Waals surface area contributed by atoms with Gasteiger partial charge in [-0.2, -0.15) is 5.10 Å². The predicted molar refractivity (Wildman–Crippen MR) is 75.2 cm³/mol. The third-order valence-electron chi connectivity index (χ3n) is 2.94. The second kappa shape index (κ2) is 5.14. The number of methoxy groups -OCH3 is 1. The Balaban J connectivity index is 2.54. The van der Waals surface area contributed by atoms with Crippen LogP contribution in [0.15, 0.2) is 30.5 Å². The highest BCUT2D eigenvalue weighted by Gasteiger charge is 2.11. The highest BCUT2D eigenvalue weighted by Crippen LogP contribution is 2.22. The van der Waals surface area contributed by atoms with Gasteiger partial charge in [0.1, 0.15) is 11.6 Å². The molecule has 0 aliphatic rings. The first-order valence-corrected chi connectivity index (χ1v) is 6.11. The summed E-state index contributed by atoms with van der Waals surface area (Å²) in [5, 5.41) is 12.1. The Bertz CT molecular complexity index is 601. The molecule has 2 rings (SSSR count). The Morgan fingerprint density at radius 2 is 2.11 bits per heavy atom. The van der Waals surface area contributed by atoms with Crippen LogP contribution in [0.5, 0.6) is 5.75 Å². The van der Waals surface area contributed by atoms with Gasteiger partial charge in [-0.15, -0.1) is 0 Å². The molecule has 0 bridgehead atoms. The molecule has 5 heteroatoms. The van der Waals surface area contributed by atoms with Gasteiger partial charge < -0.3 is 10.5 Å². The van der Waals surface area contributed by atoms with Gasteiger partial charge in [0.15, 0.2) is 0 Å². The largest absolute Gasteiger partial charge is 0.497 e. The Morgan fingerprint density at radius 1 is 1.37 bits per heavy atom. The third-order valence-corrected chi connectivity index (χ3v) is 2.94. The maximum atomic E-state index is 7.64. The average molecular weight is 258 g/mol. The van der Waals surface area contributed by atoms with Crippen molar-refractivity contribution in [2.45, 2.75) is 19.8 Å². The fourth-order valence-electron chi connectivity index (χ4n) is 1.84. The molecular weight excluding hydrogens is 240 g/mol. The van der Waals surface area contributed by atoms with Gasteiger partial charge in [0.2, 0.25) is 0 Å². The number of nitrogens with one attached hydrogen (secondary N) is 1. The summed E-state index contributed by atoms with van der Waals surface area (Å²) in [4.78, 5) is 0. The molecule has 0 amide bonds. The predicted octanol–water partition coefficient (Wildman–Crippen LogP) is 2.29. The molecule has 0 aliphatic carbocycles. The highest BCUT2D eigenvalue weighted by atomic mass is 16.5. The Hall–Kier alpha value is -2.30. The van der Waals surface area contributed by atoms with Crippen molar-refractivity contribution >= 4 is 5.84 Å². The van der Waals surface area contributed by atoms with E-state index in [1.54, 1.807) is 23.9 Å². The number of hydrogen-bond donors (Lipinski definition) is 2. The van der Waals surface area contributed by atoms with E-state index in [0.717, 1.165) is 11.4 Å². The van der Waals surface area contributed by atoms with Gasteiger partial charge in [0.25, 0.3) is 0 Å². The minimum atomic E-state index is 0.0132. The normalized spacial score (nSPS) is 10.7. The van der Waals surface area contributed by atoms with Crippen LogP contribution in [0.1, 0.15) is 31.0 Å². The fraction of sp³-hybridized carbons (Fsp3) is 0.286. The molecule has 0 aliphatic heterocycles. The summed E-state index contributed by atoms with van der Waals surface area (Å²) in [5.41, 5.74) is 8.00. The van der Waals surface area contributed by atoms with Crippen molar-refractivity contribution in [2.24, 2.45) is 5.73 Å². The van der Waals surface area contributed by atoms with Crippen molar-refractivity contribution in [3.8, 4) is 11.4 Å². The van der Waals surface area contributed by atoms with Crippen molar-refractivity contribution in [1.29, 1.82) is 5.41 Å². The second-order valence-corrected chi connectivity index (χ2v) is 4.64. The first-order chi connectivity index (χ1) is 9.02. The van der Waals surface area contributed by atoms with E-state index in [0.29, 0.717) is 17.2 Å². The number of benzene rings is 1. The number of nitrogens with two attached hydrogens (primary N) is 1. The van der Waals surface area contributed by atoms with Crippen LogP contribution >= 0.6 is 0 Å². The van der Waals surface area contributed by atoms with Crippen LogP contribution in [0.3, 0.4) is 0 Å². The van der Waals surface area contributed by atoms with E-state index >= 15 is 0 Å². The number of nitrogens with zero attached hydrogens (tertiary/aromatic N) is 2. The van der Waals surface area contributed by atoms with E-state index in [4.69, 9.17) is 15.9 Å². The summed E-state index contributed by atoms with van der Waals surface area (Å²) < 4.78 is 6.94. The molecule has 0 fully saturated rings. The molecule has 0 saturated carbocycles. The van der Waals surface area contributed by atoms with Crippen LogP contribution in [0.25, 0.3) is 5.69 Å². The van der Waals surface area contributed by atoms with E-state index in [9.17, 15) is 0 Å². The lowest BCUT2D eigenvalue weighted by Gasteiger charge is -2.10. The third kappa shape index (κ3) is 2.59. The number of rotatable bonds is 4. The van der Waals surface area contributed by atoms with Crippen LogP contribution in [0, 0.1) is 5.41 Å². The Kier molecular flexibility index (Phi) is 3.55. The lowest BCUT2D eigenvalue weighted by molar-refractivity contribution is 0.414. The molecule has 1 aromatic heterocycles. The summed E-state index contributed by atoms with van der Waals surface area (Å²) >= 11 is 0. The number of nitrogen functional groups attached to an aromatic ring is 1. The van der Waals surface area contributed by atoms with E-state index in [1.807, 2.05) is 18.3 Å². The zero-order valence-corrected chi connectivity index (χ0v) is 11.3. The Labute approximate surface area is 112 Å². The summed E-state index contributed by atoms with van der Waals surface area (Å²) in [6, 6.07) is 7.35. The summed E-state index contributed by atoms with van der Waals surface area (Å²) in [5.74, 6) is 1.08. The lowest BCUT2D eigenvalue weighted by Crippen LogP contribution is -2.15. The quantitative estimate of drug-likeness (QED) is 0.652. The first-order valence-electron chi connectivity index (χ1n) is 6.11. The molecule has 0 radical (unpaired) electrons. The maximum Gasteiger partial charge on any atom is 0.124 e. The number of amidine groups is 1. The molecule has 0 spiro atoms. The molecule has 100 valence electrons. The van der Waals surface area contributed by atoms with Crippen LogP contribution in [-0.4, -0.2) is 22.7 Å². The maximum absolute atomic E-state index is 7.64. The van der Waals surface area contributed by atoms with Gasteiger partial charge in [-0.3, -0.25) is 5.41 Å². The van der Waals surface area contributed by atoms with Gasteiger partial charge in [0.05, 0.1) is 18.5 Å². The van der Waals surface area contributed by atoms with Crippen molar-refractivity contribution in [1.82, 2.24) is 9.78 Å². The van der Waals surface area contributed by atoms with Gasteiger partial charge in [-0.25, -0.2) is 4.68 Å². The summed E-state index contributed by atoms with van der Waals surface area (Å²) in [6.07, 6.45) is 1.87.